The lowest BCUT2D eigenvalue weighted by molar-refractivity contribution is -0.134. The van der Waals surface area contributed by atoms with E-state index in [4.69, 9.17) is 4.52 Å². The van der Waals surface area contributed by atoms with E-state index in [1.807, 2.05) is 13.8 Å². The number of alkyl halides is 3. The molecule has 1 rings (SSSR count). The minimum atomic E-state index is -4.18. The maximum Gasteiger partial charge on any atom is 0.389 e. The lowest BCUT2D eigenvalue weighted by atomic mass is 10.2. The lowest BCUT2D eigenvalue weighted by Crippen LogP contribution is -2.27. The molecule has 0 aliphatic heterocycles. The highest BCUT2D eigenvalue weighted by Crippen LogP contribution is 2.21. The molecule has 1 heterocycles. The monoisotopic (exact) mass is 251 g/mol. The van der Waals surface area contributed by atoms with Crippen molar-refractivity contribution in [3.63, 3.8) is 0 Å². The highest BCUT2D eigenvalue weighted by molar-refractivity contribution is 4.89. The molecule has 1 aromatic rings. The molecule has 0 aliphatic carbocycles. The van der Waals surface area contributed by atoms with Crippen LogP contribution in [0.3, 0.4) is 0 Å². The fraction of sp³-hybridized carbons (Fsp3) is 0.800. The third-order valence-electron chi connectivity index (χ3n) is 2.18. The topological polar surface area (TPSA) is 51.0 Å². The Morgan fingerprint density at radius 3 is 2.71 bits per heavy atom. The van der Waals surface area contributed by atoms with Crippen LogP contribution in [0.4, 0.5) is 13.2 Å². The van der Waals surface area contributed by atoms with Gasteiger partial charge >= 0.3 is 6.18 Å². The molecule has 17 heavy (non-hydrogen) atoms. The van der Waals surface area contributed by atoms with Gasteiger partial charge in [0.2, 0.25) is 5.89 Å². The highest BCUT2D eigenvalue weighted by atomic mass is 19.4. The second-order valence-electron chi connectivity index (χ2n) is 3.88. The molecule has 0 bridgehead atoms. The van der Waals surface area contributed by atoms with Crippen LogP contribution in [0.1, 0.15) is 32.0 Å². The molecule has 0 aliphatic rings. The van der Waals surface area contributed by atoms with Crippen molar-refractivity contribution in [3.8, 4) is 0 Å². The minimum Gasteiger partial charge on any atom is -0.339 e. The Morgan fingerprint density at radius 2 is 2.12 bits per heavy atom. The van der Waals surface area contributed by atoms with Gasteiger partial charge in [0.1, 0.15) is 0 Å². The number of halogens is 3. The van der Waals surface area contributed by atoms with E-state index in [9.17, 15) is 13.2 Å². The summed E-state index contributed by atoms with van der Waals surface area (Å²) in [4.78, 5) is 3.92. The first-order valence-corrected chi connectivity index (χ1v) is 5.52. The summed E-state index contributed by atoms with van der Waals surface area (Å²) >= 11 is 0. The van der Waals surface area contributed by atoms with Gasteiger partial charge in [-0.2, -0.15) is 18.2 Å². The molecule has 4 nitrogen and oxygen atoms in total. The molecular formula is C10H16F3N3O. The minimum absolute atomic E-state index is 0.112. The van der Waals surface area contributed by atoms with Crippen LogP contribution in [0, 0.1) is 0 Å². The number of aromatic nitrogens is 2. The molecule has 1 aromatic heterocycles. The van der Waals surface area contributed by atoms with E-state index in [2.05, 4.69) is 15.5 Å². The van der Waals surface area contributed by atoms with E-state index >= 15 is 0 Å². The van der Waals surface area contributed by atoms with Crippen LogP contribution < -0.4 is 5.32 Å². The number of nitrogens with one attached hydrogen (secondary N) is 1. The Morgan fingerprint density at radius 1 is 1.41 bits per heavy atom. The van der Waals surface area contributed by atoms with Gasteiger partial charge in [0, 0.05) is 18.9 Å². The largest absolute Gasteiger partial charge is 0.389 e. The molecule has 0 amide bonds. The van der Waals surface area contributed by atoms with E-state index in [-0.39, 0.29) is 18.3 Å². The summed E-state index contributed by atoms with van der Waals surface area (Å²) in [7, 11) is 0. The van der Waals surface area contributed by atoms with Crippen molar-refractivity contribution in [2.24, 2.45) is 0 Å². The fourth-order valence-electron chi connectivity index (χ4n) is 1.41. The van der Waals surface area contributed by atoms with Crippen LogP contribution in [-0.4, -0.2) is 28.9 Å². The molecular weight excluding hydrogens is 235 g/mol. The zero-order valence-electron chi connectivity index (χ0n) is 9.84. The van der Waals surface area contributed by atoms with Gasteiger partial charge < -0.3 is 9.84 Å². The number of nitrogens with zero attached hydrogens (tertiary/aromatic N) is 2. The van der Waals surface area contributed by atoms with Gasteiger partial charge in [0.05, 0.1) is 6.42 Å². The maximum atomic E-state index is 12.0. The Hall–Kier alpha value is -1.11. The van der Waals surface area contributed by atoms with Gasteiger partial charge in [-0.3, -0.25) is 0 Å². The van der Waals surface area contributed by atoms with Crippen molar-refractivity contribution in [2.75, 3.05) is 6.54 Å². The van der Waals surface area contributed by atoms with E-state index in [1.165, 1.54) is 0 Å². The first-order valence-electron chi connectivity index (χ1n) is 5.52. The first kappa shape index (κ1) is 14.0. The quantitative estimate of drug-likeness (QED) is 0.841. The van der Waals surface area contributed by atoms with Gasteiger partial charge in [0.15, 0.2) is 5.82 Å². The van der Waals surface area contributed by atoms with Gasteiger partial charge in [-0.05, 0) is 13.5 Å². The molecule has 1 atom stereocenters. The van der Waals surface area contributed by atoms with E-state index in [1.54, 1.807) is 0 Å². The Bertz CT molecular complexity index is 338. The van der Waals surface area contributed by atoms with Gasteiger partial charge in [-0.1, -0.05) is 12.1 Å². The predicted octanol–water partition coefficient (Wildman–Crippen LogP) is 2.11. The number of rotatable bonds is 6. The first-order chi connectivity index (χ1) is 7.90. The molecule has 0 radical (unpaired) electrons. The smallest absolute Gasteiger partial charge is 0.339 e. The average molecular weight is 251 g/mol. The standard InChI is InChI=1S/C10H16F3N3O/c1-3-14-7(2)6-9-15-8(16-17-9)4-5-10(11,12)13/h7,14H,3-6H2,1-2H3. The van der Waals surface area contributed by atoms with Crippen molar-refractivity contribution >= 4 is 0 Å². The molecule has 98 valence electrons. The number of likely N-dealkylation sites (N-methyl/N-ethyl adjacent to an activating group) is 1. The van der Waals surface area contributed by atoms with Gasteiger partial charge in [-0.15, -0.1) is 0 Å². The summed E-state index contributed by atoms with van der Waals surface area (Å²) in [5.41, 5.74) is 0. The molecule has 0 saturated heterocycles. The van der Waals surface area contributed by atoms with Gasteiger partial charge in [0.25, 0.3) is 0 Å². The summed E-state index contributed by atoms with van der Waals surface area (Å²) < 4.78 is 40.8. The van der Waals surface area contributed by atoms with Crippen LogP contribution in [0.5, 0.6) is 0 Å². The predicted molar refractivity (Wildman–Crippen MR) is 55.5 cm³/mol. The molecule has 1 unspecified atom stereocenters. The Kier molecular flexibility index (Phi) is 4.92. The summed E-state index contributed by atoms with van der Waals surface area (Å²) in [6, 6.07) is 0.163. The van der Waals surface area contributed by atoms with E-state index in [0.29, 0.717) is 12.3 Å². The number of aryl methyl sites for hydroxylation is 1. The van der Waals surface area contributed by atoms with Crippen LogP contribution in [0.2, 0.25) is 0 Å². The lowest BCUT2D eigenvalue weighted by Gasteiger charge is -2.07. The SMILES string of the molecule is CCNC(C)Cc1nc(CCC(F)(F)F)no1. The average Bonchev–Trinajstić information content (AvgIpc) is 2.62. The maximum absolute atomic E-state index is 12.0. The highest BCUT2D eigenvalue weighted by Gasteiger charge is 2.27. The summed E-state index contributed by atoms with van der Waals surface area (Å²) in [5.74, 6) is 0.483. The van der Waals surface area contributed by atoms with Crippen molar-refractivity contribution < 1.29 is 17.7 Å². The zero-order valence-corrected chi connectivity index (χ0v) is 9.84. The second kappa shape index (κ2) is 6.00. The van der Waals surface area contributed by atoms with Crippen LogP contribution >= 0.6 is 0 Å². The summed E-state index contributed by atoms with van der Waals surface area (Å²) in [6.45, 7) is 4.73. The van der Waals surface area contributed by atoms with Crippen LogP contribution in [0.15, 0.2) is 4.52 Å². The van der Waals surface area contributed by atoms with Crippen molar-refractivity contribution in [3.05, 3.63) is 11.7 Å². The normalized spacial score (nSPS) is 13.9. The van der Waals surface area contributed by atoms with Gasteiger partial charge in [-0.25, -0.2) is 0 Å². The molecule has 0 spiro atoms. The molecule has 0 saturated carbocycles. The molecule has 1 N–H and O–H groups in total. The fourth-order valence-corrected chi connectivity index (χ4v) is 1.41. The van der Waals surface area contributed by atoms with E-state index in [0.717, 1.165) is 6.54 Å². The Balaban J connectivity index is 2.42. The van der Waals surface area contributed by atoms with Crippen molar-refractivity contribution in [1.82, 2.24) is 15.5 Å². The molecule has 7 heteroatoms. The van der Waals surface area contributed by atoms with Crippen LogP contribution in [-0.2, 0) is 12.8 Å². The molecule has 0 aromatic carbocycles. The molecule has 0 fully saturated rings. The second-order valence-corrected chi connectivity index (χ2v) is 3.88. The van der Waals surface area contributed by atoms with Crippen LogP contribution in [0.25, 0.3) is 0 Å². The summed E-state index contributed by atoms with van der Waals surface area (Å²) in [6.07, 6.45) is -4.82. The van der Waals surface area contributed by atoms with E-state index < -0.39 is 12.6 Å². The third-order valence-corrected chi connectivity index (χ3v) is 2.18. The number of hydrogen-bond acceptors (Lipinski definition) is 4. The zero-order chi connectivity index (χ0) is 12.9. The number of hydrogen-bond donors (Lipinski definition) is 1. The Labute approximate surface area is 97.6 Å². The van der Waals surface area contributed by atoms with Crippen molar-refractivity contribution in [1.29, 1.82) is 0 Å². The third kappa shape index (κ3) is 5.67. The van der Waals surface area contributed by atoms with Crippen molar-refractivity contribution in [2.45, 2.75) is 45.3 Å². The summed E-state index contributed by atoms with van der Waals surface area (Å²) in [5, 5.41) is 6.67.